The minimum absolute atomic E-state index is 0.238. The van der Waals surface area contributed by atoms with Crippen LogP contribution >= 0.6 is 0 Å². The van der Waals surface area contributed by atoms with Gasteiger partial charge < -0.3 is 14.8 Å². The summed E-state index contributed by atoms with van der Waals surface area (Å²) >= 11 is 0. The van der Waals surface area contributed by atoms with Gasteiger partial charge in [0.2, 0.25) is 0 Å². The lowest BCUT2D eigenvalue weighted by molar-refractivity contribution is -0.0520. The highest BCUT2D eigenvalue weighted by molar-refractivity contribution is 4.88. The van der Waals surface area contributed by atoms with E-state index in [0.29, 0.717) is 12.1 Å². The molecule has 100 valence electrons. The summed E-state index contributed by atoms with van der Waals surface area (Å²) < 4.78 is 11.0. The van der Waals surface area contributed by atoms with E-state index in [1.54, 1.807) is 7.11 Å². The lowest BCUT2D eigenvalue weighted by atomic mass is 9.94. The molecular formula is C14H27NO2. The molecule has 2 fully saturated rings. The van der Waals surface area contributed by atoms with Crippen molar-refractivity contribution in [3.05, 3.63) is 0 Å². The molecule has 1 aliphatic heterocycles. The van der Waals surface area contributed by atoms with Crippen LogP contribution in [0.3, 0.4) is 0 Å². The van der Waals surface area contributed by atoms with E-state index in [1.165, 1.54) is 19.3 Å². The number of methoxy groups -OCH3 is 1. The molecule has 17 heavy (non-hydrogen) atoms. The smallest absolute Gasteiger partial charge is 0.0958 e. The summed E-state index contributed by atoms with van der Waals surface area (Å²) in [6.45, 7) is 6.31. The Labute approximate surface area is 105 Å². The van der Waals surface area contributed by atoms with Crippen LogP contribution < -0.4 is 5.32 Å². The van der Waals surface area contributed by atoms with Gasteiger partial charge in [-0.15, -0.1) is 0 Å². The number of hydrogen-bond acceptors (Lipinski definition) is 3. The molecule has 2 aliphatic rings. The van der Waals surface area contributed by atoms with Crippen LogP contribution in [0.1, 0.15) is 39.5 Å². The average Bonchev–Trinajstić information content (AvgIpc) is 2.78. The standard InChI is InChI=1S/C14H27NO2/c1-10(2)11-4-5-12(8-11)15-13-6-7-17-9-14(13)16-3/h10-15H,4-9H2,1-3H3/t11-,12+,13?,14?/m0/s1. The first-order valence-corrected chi connectivity index (χ1v) is 7.07. The molecule has 3 heteroatoms. The van der Waals surface area contributed by atoms with Crippen molar-refractivity contribution >= 4 is 0 Å². The number of nitrogens with one attached hydrogen (secondary N) is 1. The van der Waals surface area contributed by atoms with Crippen molar-refractivity contribution in [2.75, 3.05) is 20.3 Å². The maximum atomic E-state index is 5.50. The van der Waals surface area contributed by atoms with Gasteiger partial charge in [-0.3, -0.25) is 0 Å². The van der Waals surface area contributed by atoms with Crippen LogP contribution in [0, 0.1) is 11.8 Å². The van der Waals surface area contributed by atoms with Crippen molar-refractivity contribution in [2.24, 2.45) is 11.8 Å². The maximum Gasteiger partial charge on any atom is 0.0958 e. The highest BCUT2D eigenvalue weighted by Crippen LogP contribution is 2.32. The lowest BCUT2D eigenvalue weighted by Gasteiger charge is -2.33. The summed E-state index contributed by atoms with van der Waals surface area (Å²) in [5.74, 6) is 1.74. The molecule has 3 nitrogen and oxygen atoms in total. The lowest BCUT2D eigenvalue weighted by Crippen LogP contribution is -2.50. The molecule has 0 amide bonds. The average molecular weight is 241 g/mol. The van der Waals surface area contributed by atoms with E-state index in [2.05, 4.69) is 19.2 Å². The van der Waals surface area contributed by atoms with Crippen LogP contribution in [0.15, 0.2) is 0 Å². The molecule has 1 aliphatic carbocycles. The topological polar surface area (TPSA) is 30.5 Å². The second kappa shape index (κ2) is 6.17. The van der Waals surface area contributed by atoms with E-state index in [4.69, 9.17) is 9.47 Å². The molecule has 0 aromatic heterocycles. The second-order valence-electron chi connectivity index (χ2n) is 5.92. The summed E-state index contributed by atoms with van der Waals surface area (Å²) in [6.07, 6.45) is 5.38. The number of ether oxygens (including phenoxy) is 2. The van der Waals surface area contributed by atoms with Crippen molar-refractivity contribution in [1.29, 1.82) is 0 Å². The Bertz CT molecular complexity index is 232. The number of rotatable bonds is 4. The van der Waals surface area contributed by atoms with Gasteiger partial charge in [-0.25, -0.2) is 0 Å². The molecule has 1 heterocycles. The van der Waals surface area contributed by atoms with E-state index in [-0.39, 0.29) is 6.10 Å². The predicted octanol–water partition coefficient (Wildman–Crippen LogP) is 2.20. The Hall–Kier alpha value is -0.120. The Morgan fingerprint density at radius 1 is 1.24 bits per heavy atom. The minimum Gasteiger partial charge on any atom is -0.379 e. The fourth-order valence-corrected chi connectivity index (χ4v) is 3.21. The molecule has 1 saturated carbocycles. The van der Waals surface area contributed by atoms with Gasteiger partial charge in [0, 0.05) is 25.8 Å². The summed E-state index contributed by atoms with van der Waals surface area (Å²) in [7, 11) is 1.79. The van der Waals surface area contributed by atoms with Crippen molar-refractivity contribution in [3.63, 3.8) is 0 Å². The minimum atomic E-state index is 0.238. The Morgan fingerprint density at radius 2 is 2.06 bits per heavy atom. The molecule has 0 aromatic carbocycles. The van der Waals surface area contributed by atoms with Gasteiger partial charge in [-0.05, 0) is 37.5 Å². The van der Waals surface area contributed by atoms with Crippen molar-refractivity contribution in [1.82, 2.24) is 5.32 Å². The van der Waals surface area contributed by atoms with Crippen molar-refractivity contribution in [2.45, 2.75) is 57.7 Å². The van der Waals surface area contributed by atoms with Gasteiger partial charge >= 0.3 is 0 Å². The first-order chi connectivity index (χ1) is 8.20. The zero-order chi connectivity index (χ0) is 12.3. The van der Waals surface area contributed by atoms with E-state index in [9.17, 15) is 0 Å². The zero-order valence-electron chi connectivity index (χ0n) is 11.4. The van der Waals surface area contributed by atoms with Gasteiger partial charge in [-0.1, -0.05) is 13.8 Å². The molecular weight excluding hydrogens is 214 g/mol. The van der Waals surface area contributed by atoms with Crippen LogP contribution in [0.5, 0.6) is 0 Å². The third kappa shape index (κ3) is 3.43. The molecule has 1 saturated heterocycles. The Balaban J connectivity index is 1.80. The first-order valence-electron chi connectivity index (χ1n) is 7.07. The summed E-state index contributed by atoms with van der Waals surface area (Å²) in [5.41, 5.74) is 0. The largest absolute Gasteiger partial charge is 0.379 e. The van der Waals surface area contributed by atoms with Crippen LogP contribution in [0.4, 0.5) is 0 Å². The Morgan fingerprint density at radius 3 is 2.71 bits per heavy atom. The van der Waals surface area contributed by atoms with Gasteiger partial charge in [0.15, 0.2) is 0 Å². The van der Waals surface area contributed by atoms with E-state index in [0.717, 1.165) is 31.5 Å². The van der Waals surface area contributed by atoms with Crippen LogP contribution in [-0.2, 0) is 9.47 Å². The third-order valence-corrected chi connectivity index (χ3v) is 4.47. The van der Waals surface area contributed by atoms with Crippen LogP contribution in [0.2, 0.25) is 0 Å². The van der Waals surface area contributed by atoms with Gasteiger partial charge in [-0.2, -0.15) is 0 Å². The van der Waals surface area contributed by atoms with Gasteiger partial charge in [0.25, 0.3) is 0 Å². The summed E-state index contributed by atoms with van der Waals surface area (Å²) in [4.78, 5) is 0. The van der Waals surface area contributed by atoms with Crippen molar-refractivity contribution < 1.29 is 9.47 Å². The van der Waals surface area contributed by atoms with Crippen LogP contribution in [-0.4, -0.2) is 38.5 Å². The zero-order valence-corrected chi connectivity index (χ0v) is 11.4. The predicted molar refractivity (Wildman–Crippen MR) is 69.1 cm³/mol. The van der Waals surface area contributed by atoms with Crippen LogP contribution in [0.25, 0.3) is 0 Å². The van der Waals surface area contributed by atoms with E-state index in [1.807, 2.05) is 0 Å². The molecule has 2 rings (SSSR count). The monoisotopic (exact) mass is 241 g/mol. The molecule has 2 unspecified atom stereocenters. The van der Waals surface area contributed by atoms with E-state index < -0.39 is 0 Å². The second-order valence-corrected chi connectivity index (χ2v) is 5.92. The third-order valence-electron chi connectivity index (χ3n) is 4.47. The fourth-order valence-electron chi connectivity index (χ4n) is 3.21. The Kier molecular flexibility index (Phi) is 4.83. The van der Waals surface area contributed by atoms with E-state index >= 15 is 0 Å². The van der Waals surface area contributed by atoms with Gasteiger partial charge in [0.1, 0.15) is 0 Å². The maximum absolute atomic E-state index is 5.50. The highest BCUT2D eigenvalue weighted by atomic mass is 16.5. The molecule has 0 aromatic rings. The molecule has 4 atom stereocenters. The quantitative estimate of drug-likeness (QED) is 0.818. The van der Waals surface area contributed by atoms with Crippen molar-refractivity contribution in [3.8, 4) is 0 Å². The first kappa shape index (κ1) is 13.3. The molecule has 1 N–H and O–H groups in total. The normalized spacial score (nSPS) is 38.8. The SMILES string of the molecule is COC1COCCC1N[C@@H]1CC[C@H](C(C)C)C1. The molecule has 0 spiro atoms. The molecule has 0 bridgehead atoms. The fraction of sp³-hybridized carbons (Fsp3) is 1.00. The summed E-state index contributed by atoms with van der Waals surface area (Å²) in [5, 5.41) is 3.80. The molecule has 0 radical (unpaired) electrons. The van der Waals surface area contributed by atoms with Gasteiger partial charge in [0.05, 0.1) is 12.7 Å². The highest BCUT2D eigenvalue weighted by Gasteiger charge is 2.32. The number of hydrogen-bond donors (Lipinski definition) is 1. The summed E-state index contributed by atoms with van der Waals surface area (Å²) in [6, 6.07) is 1.19.